The number of hydrogen-bond acceptors (Lipinski definition) is 5. The Morgan fingerprint density at radius 2 is 2.04 bits per heavy atom. The summed E-state index contributed by atoms with van der Waals surface area (Å²) < 4.78 is 10.1. The molecule has 1 aliphatic rings. The molecule has 0 saturated carbocycles. The minimum atomic E-state index is -0.721. The number of nitrogens with zero attached hydrogens (tertiary/aromatic N) is 1. The first kappa shape index (κ1) is 14.8. The first-order valence-corrected chi connectivity index (χ1v) is 6.97. The van der Waals surface area contributed by atoms with Gasteiger partial charge in [-0.25, -0.2) is 4.79 Å². The standard InChI is InChI=1S/C16H14N2O5/c1-10-6-7-13(23-10)16(21)22-9-15(20)18-8-14(19)17-11-4-2-3-5-12(11)18/h2-7H,8-9H2,1H3,(H,17,19). The number of fused-ring (bicyclic) bond motifs is 1. The van der Waals surface area contributed by atoms with Crippen LogP contribution in [-0.2, 0) is 14.3 Å². The van der Waals surface area contributed by atoms with Crippen LogP contribution in [0.25, 0.3) is 0 Å². The molecule has 2 amide bonds. The fourth-order valence-corrected chi connectivity index (χ4v) is 2.28. The zero-order valence-corrected chi connectivity index (χ0v) is 12.4. The fraction of sp³-hybridized carbons (Fsp3) is 0.188. The third-order valence-electron chi connectivity index (χ3n) is 3.34. The molecule has 0 bridgehead atoms. The Balaban J connectivity index is 1.69. The van der Waals surface area contributed by atoms with Gasteiger partial charge in [-0.2, -0.15) is 0 Å². The van der Waals surface area contributed by atoms with Crippen molar-refractivity contribution in [3.8, 4) is 0 Å². The summed E-state index contributed by atoms with van der Waals surface area (Å²) >= 11 is 0. The lowest BCUT2D eigenvalue weighted by molar-refractivity contribution is -0.124. The molecule has 23 heavy (non-hydrogen) atoms. The van der Waals surface area contributed by atoms with Gasteiger partial charge in [-0.1, -0.05) is 12.1 Å². The number of anilines is 2. The smallest absolute Gasteiger partial charge is 0.374 e. The van der Waals surface area contributed by atoms with Crippen LogP contribution in [0, 0.1) is 6.92 Å². The van der Waals surface area contributed by atoms with Crippen molar-refractivity contribution >= 4 is 29.2 Å². The van der Waals surface area contributed by atoms with Crippen molar-refractivity contribution in [1.82, 2.24) is 0 Å². The third kappa shape index (κ3) is 3.08. The number of hydrogen-bond donors (Lipinski definition) is 1. The van der Waals surface area contributed by atoms with Crippen LogP contribution < -0.4 is 10.2 Å². The molecule has 0 fully saturated rings. The molecule has 1 aromatic carbocycles. The van der Waals surface area contributed by atoms with Crippen molar-refractivity contribution in [2.24, 2.45) is 0 Å². The maximum atomic E-state index is 12.3. The molecule has 7 heteroatoms. The number of benzene rings is 1. The SMILES string of the molecule is Cc1ccc(C(=O)OCC(=O)N2CC(=O)Nc3ccccc32)o1. The fourth-order valence-electron chi connectivity index (χ4n) is 2.28. The Morgan fingerprint density at radius 1 is 1.26 bits per heavy atom. The molecule has 0 aliphatic carbocycles. The van der Waals surface area contributed by atoms with E-state index in [0.717, 1.165) is 0 Å². The minimum Gasteiger partial charge on any atom is -0.454 e. The van der Waals surface area contributed by atoms with E-state index in [-0.39, 0.29) is 18.2 Å². The van der Waals surface area contributed by atoms with Crippen LogP contribution in [0.1, 0.15) is 16.3 Å². The molecule has 0 atom stereocenters. The highest BCUT2D eigenvalue weighted by atomic mass is 16.5. The molecule has 0 saturated heterocycles. The average Bonchev–Trinajstić information content (AvgIpc) is 2.98. The van der Waals surface area contributed by atoms with E-state index in [1.54, 1.807) is 37.3 Å². The second-order valence-electron chi connectivity index (χ2n) is 5.03. The summed E-state index contributed by atoms with van der Waals surface area (Å²) in [5.74, 6) is -0.896. The van der Waals surface area contributed by atoms with Gasteiger partial charge >= 0.3 is 5.97 Å². The number of carbonyl (C=O) groups excluding carboxylic acids is 3. The second kappa shape index (κ2) is 5.96. The number of rotatable bonds is 3. The predicted octanol–water partition coefficient (Wildman–Crippen LogP) is 1.73. The van der Waals surface area contributed by atoms with Crippen LogP contribution in [0.5, 0.6) is 0 Å². The van der Waals surface area contributed by atoms with Gasteiger partial charge in [0.1, 0.15) is 12.3 Å². The van der Waals surface area contributed by atoms with E-state index in [0.29, 0.717) is 17.1 Å². The van der Waals surface area contributed by atoms with Gasteiger partial charge < -0.3 is 14.5 Å². The third-order valence-corrected chi connectivity index (χ3v) is 3.34. The molecule has 1 aromatic heterocycles. The molecule has 0 unspecified atom stereocenters. The summed E-state index contributed by atoms with van der Waals surface area (Å²) in [6, 6.07) is 10.0. The zero-order valence-electron chi connectivity index (χ0n) is 12.4. The number of carbonyl (C=O) groups is 3. The van der Waals surface area contributed by atoms with Crippen molar-refractivity contribution in [3.63, 3.8) is 0 Å². The molecule has 2 aromatic rings. The lowest BCUT2D eigenvalue weighted by atomic mass is 10.2. The molecule has 0 spiro atoms. The highest BCUT2D eigenvalue weighted by Gasteiger charge is 2.27. The van der Waals surface area contributed by atoms with E-state index in [4.69, 9.17) is 9.15 Å². The first-order valence-electron chi connectivity index (χ1n) is 6.97. The summed E-state index contributed by atoms with van der Waals surface area (Å²) in [6.07, 6.45) is 0. The monoisotopic (exact) mass is 314 g/mol. The summed E-state index contributed by atoms with van der Waals surface area (Å²) in [4.78, 5) is 37.0. The first-order chi connectivity index (χ1) is 11.0. The van der Waals surface area contributed by atoms with Gasteiger partial charge in [-0.3, -0.25) is 14.5 Å². The summed E-state index contributed by atoms with van der Waals surface area (Å²) in [6.45, 7) is 1.11. The van der Waals surface area contributed by atoms with Crippen molar-refractivity contribution in [1.29, 1.82) is 0 Å². The minimum absolute atomic E-state index is 0.0343. The van der Waals surface area contributed by atoms with Crippen LogP contribution in [0.2, 0.25) is 0 Å². The van der Waals surface area contributed by atoms with Crippen LogP contribution in [0.3, 0.4) is 0 Å². The number of ether oxygens (including phenoxy) is 1. The number of furan rings is 1. The zero-order chi connectivity index (χ0) is 16.4. The van der Waals surface area contributed by atoms with Gasteiger partial charge in [0.2, 0.25) is 11.7 Å². The van der Waals surface area contributed by atoms with Crippen molar-refractivity contribution in [3.05, 3.63) is 47.9 Å². The van der Waals surface area contributed by atoms with E-state index >= 15 is 0 Å². The van der Waals surface area contributed by atoms with Crippen molar-refractivity contribution in [2.45, 2.75) is 6.92 Å². The normalized spacial score (nSPS) is 13.3. The second-order valence-corrected chi connectivity index (χ2v) is 5.03. The Morgan fingerprint density at radius 3 is 2.78 bits per heavy atom. The maximum Gasteiger partial charge on any atom is 0.374 e. The topological polar surface area (TPSA) is 88.9 Å². The molecule has 1 N–H and O–H groups in total. The van der Waals surface area contributed by atoms with Gasteiger partial charge in [0.25, 0.3) is 5.91 Å². The molecule has 0 radical (unpaired) electrons. The summed E-state index contributed by atoms with van der Waals surface area (Å²) in [5.41, 5.74) is 1.12. The summed E-state index contributed by atoms with van der Waals surface area (Å²) in [7, 11) is 0. The number of aryl methyl sites for hydroxylation is 1. The van der Waals surface area contributed by atoms with Gasteiger partial charge in [0.15, 0.2) is 6.61 Å². The number of nitrogens with one attached hydrogen (secondary N) is 1. The van der Waals surface area contributed by atoms with Crippen LogP contribution in [0.4, 0.5) is 11.4 Å². The van der Waals surface area contributed by atoms with Gasteiger partial charge in [0.05, 0.1) is 11.4 Å². The molecule has 1 aliphatic heterocycles. The quantitative estimate of drug-likeness (QED) is 0.872. The summed E-state index contributed by atoms with van der Waals surface area (Å²) in [5, 5.41) is 2.68. The van der Waals surface area contributed by atoms with Gasteiger partial charge in [0, 0.05) is 0 Å². The van der Waals surface area contributed by atoms with E-state index in [9.17, 15) is 14.4 Å². The van der Waals surface area contributed by atoms with Crippen LogP contribution >= 0.6 is 0 Å². The van der Waals surface area contributed by atoms with E-state index < -0.39 is 18.5 Å². The van der Waals surface area contributed by atoms with Crippen molar-refractivity contribution < 1.29 is 23.5 Å². The molecular formula is C16H14N2O5. The largest absolute Gasteiger partial charge is 0.454 e. The van der Waals surface area contributed by atoms with E-state index in [1.807, 2.05) is 0 Å². The van der Waals surface area contributed by atoms with Gasteiger partial charge in [-0.15, -0.1) is 0 Å². The molecular weight excluding hydrogens is 300 g/mol. The molecule has 7 nitrogen and oxygen atoms in total. The Labute approximate surface area is 131 Å². The average molecular weight is 314 g/mol. The maximum absolute atomic E-state index is 12.3. The Bertz CT molecular complexity index is 780. The molecule has 118 valence electrons. The van der Waals surface area contributed by atoms with Crippen LogP contribution in [-0.4, -0.2) is 30.9 Å². The highest BCUT2D eigenvalue weighted by molar-refractivity contribution is 6.10. The number of esters is 1. The van der Waals surface area contributed by atoms with Crippen molar-refractivity contribution in [2.75, 3.05) is 23.4 Å². The molecule has 2 heterocycles. The predicted molar refractivity (Wildman–Crippen MR) is 81.2 cm³/mol. The Hall–Kier alpha value is -3.09. The highest BCUT2D eigenvalue weighted by Crippen LogP contribution is 2.28. The van der Waals surface area contributed by atoms with E-state index in [1.165, 1.54) is 11.0 Å². The van der Waals surface area contributed by atoms with Gasteiger partial charge in [-0.05, 0) is 31.2 Å². The van der Waals surface area contributed by atoms with E-state index in [2.05, 4.69) is 5.32 Å². The lowest BCUT2D eigenvalue weighted by Crippen LogP contribution is -2.44. The molecule has 3 rings (SSSR count). The van der Waals surface area contributed by atoms with Crippen LogP contribution in [0.15, 0.2) is 40.8 Å². The number of amides is 2. The lowest BCUT2D eigenvalue weighted by Gasteiger charge is -2.28. The number of para-hydroxylation sites is 2. The Kier molecular flexibility index (Phi) is 3.84.